The predicted octanol–water partition coefficient (Wildman–Crippen LogP) is 0.830. The van der Waals surface area contributed by atoms with E-state index in [-0.39, 0.29) is 0 Å². The monoisotopic (exact) mass is 177 g/mol. The third-order valence-electron chi connectivity index (χ3n) is 1.96. The lowest BCUT2D eigenvalue weighted by Gasteiger charge is -2.04. The molecule has 5 heteroatoms. The van der Waals surface area contributed by atoms with Crippen molar-refractivity contribution >= 4 is 11.5 Å². The first-order valence-electron chi connectivity index (χ1n) is 4.14. The van der Waals surface area contributed by atoms with Crippen LogP contribution in [0.4, 0.5) is 5.82 Å². The number of hydrogen-bond donors (Lipinski definition) is 1. The lowest BCUT2D eigenvalue weighted by molar-refractivity contribution is 0.794. The van der Waals surface area contributed by atoms with Crippen LogP contribution >= 0.6 is 0 Å². The zero-order valence-electron chi connectivity index (χ0n) is 7.60. The van der Waals surface area contributed by atoms with Crippen molar-refractivity contribution in [3.05, 3.63) is 18.2 Å². The molecule has 68 valence electrons. The third-order valence-corrected chi connectivity index (χ3v) is 1.96. The molecule has 2 heterocycles. The van der Waals surface area contributed by atoms with Gasteiger partial charge in [0.05, 0.1) is 11.9 Å². The molecule has 0 atom stereocenters. The van der Waals surface area contributed by atoms with E-state index in [1.807, 2.05) is 4.40 Å². The molecule has 2 aromatic rings. The van der Waals surface area contributed by atoms with E-state index in [9.17, 15) is 0 Å². The van der Waals surface area contributed by atoms with E-state index in [0.29, 0.717) is 11.7 Å². The molecule has 0 bridgehead atoms. The van der Waals surface area contributed by atoms with E-state index in [2.05, 4.69) is 29.0 Å². The van der Waals surface area contributed by atoms with Gasteiger partial charge in [0.1, 0.15) is 12.1 Å². The minimum Gasteiger partial charge on any atom is -0.382 e. The van der Waals surface area contributed by atoms with Crippen LogP contribution in [0.2, 0.25) is 0 Å². The fourth-order valence-electron chi connectivity index (χ4n) is 1.43. The number of aromatic nitrogens is 4. The zero-order chi connectivity index (χ0) is 9.42. The Bertz CT molecular complexity index is 431. The zero-order valence-corrected chi connectivity index (χ0v) is 7.60. The Morgan fingerprint density at radius 1 is 1.38 bits per heavy atom. The molecule has 2 aromatic heterocycles. The van der Waals surface area contributed by atoms with E-state index in [0.717, 1.165) is 11.3 Å². The number of anilines is 1. The maximum atomic E-state index is 5.77. The molecule has 0 saturated heterocycles. The van der Waals surface area contributed by atoms with E-state index >= 15 is 0 Å². The summed E-state index contributed by atoms with van der Waals surface area (Å²) in [6.45, 7) is 4.14. The highest BCUT2D eigenvalue weighted by Gasteiger charge is 2.12. The second-order valence-electron chi connectivity index (χ2n) is 3.24. The van der Waals surface area contributed by atoms with Gasteiger partial charge in [-0.15, -0.1) is 5.10 Å². The second kappa shape index (κ2) is 2.69. The summed E-state index contributed by atoms with van der Waals surface area (Å²) in [4.78, 5) is 4.17. The fourth-order valence-corrected chi connectivity index (χ4v) is 1.43. The second-order valence-corrected chi connectivity index (χ2v) is 3.24. The number of nitrogens with two attached hydrogens (primary N) is 1. The molecular formula is C8H11N5. The van der Waals surface area contributed by atoms with Crippen LogP contribution in [0.15, 0.2) is 12.5 Å². The highest BCUT2D eigenvalue weighted by atomic mass is 15.2. The summed E-state index contributed by atoms with van der Waals surface area (Å²) in [7, 11) is 0. The molecule has 0 unspecified atom stereocenters. The normalized spacial score (nSPS) is 11.3. The lowest BCUT2D eigenvalue weighted by atomic mass is 10.1. The van der Waals surface area contributed by atoms with Gasteiger partial charge < -0.3 is 5.73 Å². The van der Waals surface area contributed by atoms with Crippen molar-refractivity contribution in [3.8, 4) is 0 Å². The molecule has 2 rings (SSSR count). The van der Waals surface area contributed by atoms with E-state index < -0.39 is 0 Å². The first-order valence-corrected chi connectivity index (χ1v) is 4.14. The van der Waals surface area contributed by atoms with Crippen molar-refractivity contribution < 1.29 is 0 Å². The minimum atomic E-state index is 0.333. The number of hydrogen-bond acceptors (Lipinski definition) is 4. The first-order chi connectivity index (χ1) is 6.20. The Kier molecular flexibility index (Phi) is 1.65. The van der Waals surface area contributed by atoms with Gasteiger partial charge in [-0.2, -0.15) is 5.10 Å². The average Bonchev–Trinajstić information content (AvgIpc) is 2.39. The van der Waals surface area contributed by atoms with Gasteiger partial charge in [-0.3, -0.25) is 4.40 Å². The molecule has 0 radical (unpaired) electrons. The molecule has 0 amide bonds. The van der Waals surface area contributed by atoms with Gasteiger partial charge in [0, 0.05) is 0 Å². The van der Waals surface area contributed by atoms with Crippen LogP contribution in [0.25, 0.3) is 5.65 Å². The summed E-state index contributed by atoms with van der Waals surface area (Å²) in [5, 5.41) is 7.52. The van der Waals surface area contributed by atoms with Crippen LogP contribution in [-0.4, -0.2) is 19.6 Å². The average molecular weight is 177 g/mol. The van der Waals surface area contributed by atoms with Crippen molar-refractivity contribution in [2.75, 3.05) is 5.73 Å². The number of imidazole rings is 1. The SMILES string of the molecule is CC(C)c1c(N)nc2cnncn12. The Hall–Kier alpha value is -1.65. The number of rotatable bonds is 1. The summed E-state index contributed by atoms with van der Waals surface area (Å²) in [5.41, 5.74) is 7.50. The molecule has 13 heavy (non-hydrogen) atoms. The molecule has 0 spiro atoms. The summed E-state index contributed by atoms with van der Waals surface area (Å²) in [6, 6.07) is 0. The van der Waals surface area contributed by atoms with E-state index in [1.165, 1.54) is 0 Å². The van der Waals surface area contributed by atoms with Crippen LogP contribution < -0.4 is 5.73 Å². The molecular weight excluding hydrogens is 166 g/mol. The molecule has 2 N–H and O–H groups in total. The molecule has 0 aliphatic heterocycles. The van der Waals surface area contributed by atoms with Crippen LogP contribution in [0.1, 0.15) is 25.5 Å². The van der Waals surface area contributed by atoms with Crippen molar-refractivity contribution in [1.82, 2.24) is 19.6 Å². The van der Waals surface area contributed by atoms with Crippen molar-refractivity contribution in [1.29, 1.82) is 0 Å². The van der Waals surface area contributed by atoms with E-state index in [4.69, 9.17) is 5.73 Å². The largest absolute Gasteiger partial charge is 0.382 e. The van der Waals surface area contributed by atoms with Gasteiger partial charge in [-0.1, -0.05) is 13.8 Å². The molecule has 0 fully saturated rings. The standard InChI is InChI=1S/C8H11N5/c1-5(2)7-8(9)12-6-3-10-11-4-13(6)7/h3-5H,9H2,1-2H3. The smallest absolute Gasteiger partial charge is 0.161 e. The number of nitrogen functional groups attached to an aromatic ring is 1. The van der Waals surface area contributed by atoms with Gasteiger partial charge in [-0.05, 0) is 5.92 Å². The topological polar surface area (TPSA) is 69.1 Å². The fraction of sp³-hybridized carbons (Fsp3) is 0.375. The molecule has 0 saturated carbocycles. The van der Waals surface area contributed by atoms with E-state index in [1.54, 1.807) is 12.5 Å². The Balaban J connectivity index is 2.78. The summed E-state index contributed by atoms with van der Waals surface area (Å²) in [5.74, 6) is 0.893. The Morgan fingerprint density at radius 3 is 2.85 bits per heavy atom. The number of fused-ring (bicyclic) bond motifs is 1. The summed E-state index contributed by atoms with van der Waals surface area (Å²) >= 11 is 0. The molecule has 0 aliphatic carbocycles. The first kappa shape index (κ1) is 7.97. The molecule has 0 aromatic carbocycles. The van der Waals surface area contributed by atoms with Gasteiger partial charge in [-0.25, -0.2) is 4.98 Å². The molecule has 5 nitrogen and oxygen atoms in total. The lowest BCUT2D eigenvalue weighted by Crippen LogP contribution is -1.99. The van der Waals surface area contributed by atoms with Crippen molar-refractivity contribution in [3.63, 3.8) is 0 Å². The quantitative estimate of drug-likeness (QED) is 0.700. The predicted molar refractivity (Wildman–Crippen MR) is 49.3 cm³/mol. The minimum absolute atomic E-state index is 0.333. The maximum Gasteiger partial charge on any atom is 0.161 e. The Morgan fingerprint density at radius 2 is 2.15 bits per heavy atom. The Labute approximate surface area is 75.6 Å². The number of nitrogens with zero attached hydrogens (tertiary/aromatic N) is 4. The van der Waals surface area contributed by atoms with Gasteiger partial charge >= 0.3 is 0 Å². The van der Waals surface area contributed by atoms with Crippen LogP contribution in [0, 0.1) is 0 Å². The van der Waals surface area contributed by atoms with Crippen molar-refractivity contribution in [2.24, 2.45) is 0 Å². The summed E-state index contributed by atoms with van der Waals surface area (Å²) in [6.07, 6.45) is 3.23. The molecule has 0 aliphatic rings. The maximum absolute atomic E-state index is 5.77. The van der Waals surface area contributed by atoms with Crippen molar-refractivity contribution in [2.45, 2.75) is 19.8 Å². The van der Waals surface area contributed by atoms with Crippen LogP contribution in [0.5, 0.6) is 0 Å². The summed E-state index contributed by atoms with van der Waals surface area (Å²) < 4.78 is 1.87. The van der Waals surface area contributed by atoms with Gasteiger partial charge in [0.25, 0.3) is 0 Å². The van der Waals surface area contributed by atoms with Crippen LogP contribution in [-0.2, 0) is 0 Å². The highest BCUT2D eigenvalue weighted by molar-refractivity contribution is 5.50. The van der Waals surface area contributed by atoms with Gasteiger partial charge in [0.2, 0.25) is 0 Å². The van der Waals surface area contributed by atoms with Gasteiger partial charge in [0.15, 0.2) is 5.65 Å². The highest BCUT2D eigenvalue weighted by Crippen LogP contribution is 2.21. The third kappa shape index (κ3) is 1.12. The van der Waals surface area contributed by atoms with Crippen LogP contribution in [0.3, 0.4) is 0 Å².